The SMILES string of the molecule is N#Cc1cccc(S(=O)(=O)C2CNC3CCC(C#N)CC3C2=O)c1. The lowest BCUT2D eigenvalue weighted by Crippen LogP contribution is -2.58. The summed E-state index contributed by atoms with van der Waals surface area (Å²) in [6.45, 7) is 0.0797. The van der Waals surface area contributed by atoms with Crippen molar-refractivity contribution in [2.24, 2.45) is 11.8 Å². The van der Waals surface area contributed by atoms with Gasteiger partial charge in [0.2, 0.25) is 0 Å². The predicted molar refractivity (Wildman–Crippen MR) is 85.4 cm³/mol. The second-order valence-corrected chi connectivity index (χ2v) is 8.47. The Bertz CT molecular complexity index is 851. The highest BCUT2D eigenvalue weighted by atomic mass is 32.2. The van der Waals surface area contributed by atoms with E-state index in [1.807, 2.05) is 6.07 Å². The van der Waals surface area contributed by atoms with Crippen LogP contribution in [0.1, 0.15) is 24.8 Å². The first-order valence-electron chi connectivity index (χ1n) is 7.88. The Morgan fingerprint density at radius 3 is 2.71 bits per heavy atom. The van der Waals surface area contributed by atoms with E-state index in [2.05, 4.69) is 11.4 Å². The smallest absolute Gasteiger partial charge is 0.189 e. The van der Waals surface area contributed by atoms with Crippen molar-refractivity contribution >= 4 is 15.6 Å². The van der Waals surface area contributed by atoms with Crippen LogP contribution in [0.25, 0.3) is 0 Å². The van der Waals surface area contributed by atoms with Crippen LogP contribution in [-0.4, -0.2) is 32.0 Å². The van der Waals surface area contributed by atoms with Crippen LogP contribution < -0.4 is 5.32 Å². The largest absolute Gasteiger partial charge is 0.311 e. The van der Waals surface area contributed by atoms with E-state index in [1.54, 1.807) is 0 Å². The lowest BCUT2D eigenvalue weighted by atomic mass is 9.74. The molecule has 1 aliphatic heterocycles. The topological polar surface area (TPSA) is 111 Å². The minimum Gasteiger partial charge on any atom is -0.311 e. The maximum atomic E-state index is 12.9. The van der Waals surface area contributed by atoms with Gasteiger partial charge in [-0.15, -0.1) is 0 Å². The highest BCUT2D eigenvalue weighted by molar-refractivity contribution is 7.92. The number of hydrogen-bond donors (Lipinski definition) is 1. The summed E-state index contributed by atoms with van der Waals surface area (Å²) in [5, 5.41) is 20.1. The van der Waals surface area contributed by atoms with Crippen molar-refractivity contribution in [3.63, 3.8) is 0 Å². The molecule has 7 heteroatoms. The van der Waals surface area contributed by atoms with Crippen LogP contribution in [0.15, 0.2) is 29.2 Å². The molecule has 1 aromatic carbocycles. The summed E-state index contributed by atoms with van der Waals surface area (Å²) in [4.78, 5) is 12.8. The van der Waals surface area contributed by atoms with Crippen LogP contribution in [-0.2, 0) is 14.6 Å². The van der Waals surface area contributed by atoms with Crippen LogP contribution in [0.5, 0.6) is 0 Å². The van der Waals surface area contributed by atoms with E-state index in [-0.39, 0.29) is 34.7 Å². The van der Waals surface area contributed by atoms with E-state index in [4.69, 9.17) is 10.5 Å². The van der Waals surface area contributed by atoms with E-state index in [1.165, 1.54) is 24.3 Å². The van der Waals surface area contributed by atoms with Gasteiger partial charge in [-0.2, -0.15) is 10.5 Å². The van der Waals surface area contributed by atoms with Crippen molar-refractivity contribution in [3.8, 4) is 12.1 Å². The molecule has 0 aromatic heterocycles. The Hall–Kier alpha value is -2.22. The second-order valence-electron chi connectivity index (χ2n) is 6.34. The Labute approximate surface area is 141 Å². The number of nitrogens with zero attached hydrogens (tertiary/aromatic N) is 2. The van der Waals surface area contributed by atoms with Crippen LogP contribution in [0.3, 0.4) is 0 Å². The average Bonchev–Trinajstić information content (AvgIpc) is 2.61. The summed E-state index contributed by atoms with van der Waals surface area (Å²) in [5.74, 6) is -0.933. The molecule has 1 N–H and O–H groups in total. The second kappa shape index (κ2) is 6.35. The summed E-state index contributed by atoms with van der Waals surface area (Å²) >= 11 is 0. The Balaban J connectivity index is 1.90. The maximum Gasteiger partial charge on any atom is 0.189 e. The first-order valence-corrected chi connectivity index (χ1v) is 9.43. The molecule has 124 valence electrons. The zero-order valence-corrected chi connectivity index (χ0v) is 13.8. The Kier molecular flexibility index (Phi) is 4.40. The number of carbonyl (C=O) groups excluding carboxylic acids is 1. The average molecular weight is 343 g/mol. The molecule has 4 atom stereocenters. The van der Waals surface area contributed by atoms with Crippen molar-refractivity contribution < 1.29 is 13.2 Å². The van der Waals surface area contributed by atoms with E-state index in [0.717, 1.165) is 6.42 Å². The minimum atomic E-state index is -3.86. The zero-order valence-electron chi connectivity index (χ0n) is 13.0. The molecule has 1 aliphatic carbocycles. The number of benzene rings is 1. The fourth-order valence-corrected chi connectivity index (χ4v) is 5.30. The number of rotatable bonds is 2. The third kappa shape index (κ3) is 2.82. The van der Waals surface area contributed by atoms with Gasteiger partial charge in [-0.3, -0.25) is 4.79 Å². The van der Waals surface area contributed by atoms with Crippen molar-refractivity contribution in [1.29, 1.82) is 10.5 Å². The van der Waals surface area contributed by atoms with E-state index in [0.29, 0.717) is 12.8 Å². The molecule has 4 unspecified atom stereocenters. The predicted octanol–water partition coefficient (Wildman–Crippen LogP) is 1.18. The van der Waals surface area contributed by atoms with Gasteiger partial charge in [0.05, 0.1) is 22.6 Å². The number of nitriles is 2. The van der Waals surface area contributed by atoms with E-state index >= 15 is 0 Å². The number of sulfone groups is 1. The molecule has 1 aromatic rings. The molecular formula is C17H17N3O3S. The van der Waals surface area contributed by atoms with Crippen molar-refractivity contribution in [2.45, 2.75) is 35.4 Å². The third-order valence-electron chi connectivity index (χ3n) is 4.95. The van der Waals surface area contributed by atoms with Crippen LogP contribution in [0, 0.1) is 34.5 Å². The minimum absolute atomic E-state index is 0.00667. The summed E-state index contributed by atoms with van der Waals surface area (Å²) in [6.07, 6.45) is 1.86. The van der Waals surface area contributed by atoms with Crippen molar-refractivity contribution in [3.05, 3.63) is 29.8 Å². The molecule has 3 rings (SSSR count). The van der Waals surface area contributed by atoms with Crippen LogP contribution in [0.4, 0.5) is 0 Å². The number of ketones is 1. The molecule has 1 saturated heterocycles. The maximum absolute atomic E-state index is 12.9. The number of fused-ring (bicyclic) bond motifs is 1. The molecule has 1 heterocycles. The molecule has 0 radical (unpaired) electrons. The summed E-state index contributed by atoms with van der Waals surface area (Å²) < 4.78 is 25.7. The van der Waals surface area contributed by atoms with E-state index < -0.39 is 21.0 Å². The first kappa shape index (κ1) is 16.6. The molecule has 1 saturated carbocycles. The van der Waals surface area contributed by atoms with Gasteiger partial charge in [-0.05, 0) is 37.5 Å². The lowest BCUT2D eigenvalue weighted by Gasteiger charge is -2.39. The standard InChI is InChI=1S/C17H17N3O3S/c18-8-11-2-1-3-13(6-11)24(22,23)16-10-20-15-5-4-12(9-19)7-14(15)17(16)21/h1-3,6,12,14-16,20H,4-5,7,10H2. The summed E-state index contributed by atoms with van der Waals surface area (Å²) in [7, 11) is -3.86. The van der Waals surface area contributed by atoms with Crippen LogP contribution in [0.2, 0.25) is 0 Å². The summed E-state index contributed by atoms with van der Waals surface area (Å²) in [5.41, 5.74) is 0.243. The van der Waals surface area contributed by atoms with Gasteiger partial charge < -0.3 is 5.32 Å². The van der Waals surface area contributed by atoms with Gasteiger partial charge in [-0.1, -0.05) is 6.07 Å². The number of hydrogen-bond acceptors (Lipinski definition) is 6. The van der Waals surface area contributed by atoms with Gasteiger partial charge in [0, 0.05) is 24.4 Å². The molecule has 0 spiro atoms. The molecule has 2 fully saturated rings. The fourth-order valence-electron chi connectivity index (χ4n) is 3.61. The molecule has 0 bridgehead atoms. The monoisotopic (exact) mass is 343 g/mol. The van der Waals surface area contributed by atoms with Crippen LogP contribution >= 0.6 is 0 Å². The number of piperidine rings is 1. The molecule has 24 heavy (non-hydrogen) atoms. The first-order chi connectivity index (χ1) is 11.5. The quantitative estimate of drug-likeness (QED) is 0.863. The third-order valence-corrected chi connectivity index (χ3v) is 7.01. The van der Waals surface area contributed by atoms with Gasteiger partial charge in [0.1, 0.15) is 5.25 Å². The number of carbonyl (C=O) groups is 1. The highest BCUT2D eigenvalue weighted by Crippen LogP contribution is 2.34. The van der Waals surface area contributed by atoms with Crippen molar-refractivity contribution in [2.75, 3.05) is 6.54 Å². The highest BCUT2D eigenvalue weighted by Gasteiger charge is 2.46. The fraction of sp³-hybridized carbons (Fsp3) is 0.471. The normalized spacial score (nSPS) is 30.0. The lowest BCUT2D eigenvalue weighted by molar-refractivity contribution is -0.126. The molecule has 2 aliphatic rings. The van der Waals surface area contributed by atoms with E-state index in [9.17, 15) is 13.2 Å². The molecule has 0 amide bonds. The Morgan fingerprint density at radius 2 is 2.00 bits per heavy atom. The van der Waals surface area contributed by atoms with Crippen molar-refractivity contribution in [1.82, 2.24) is 5.32 Å². The summed E-state index contributed by atoms with van der Waals surface area (Å²) in [6, 6.07) is 9.80. The number of nitrogens with one attached hydrogen (secondary N) is 1. The Morgan fingerprint density at radius 1 is 1.21 bits per heavy atom. The number of Topliss-reactive ketones (excluding diaryl/α,β-unsaturated/α-hetero) is 1. The zero-order chi connectivity index (χ0) is 17.3. The molecular weight excluding hydrogens is 326 g/mol. The van der Waals surface area contributed by atoms with Gasteiger partial charge in [-0.25, -0.2) is 8.42 Å². The van der Waals surface area contributed by atoms with Gasteiger partial charge in [0.25, 0.3) is 0 Å². The molecule has 6 nitrogen and oxygen atoms in total. The van der Waals surface area contributed by atoms with Gasteiger partial charge in [0.15, 0.2) is 15.6 Å². The van der Waals surface area contributed by atoms with Gasteiger partial charge >= 0.3 is 0 Å².